The lowest BCUT2D eigenvalue weighted by Crippen LogP contribution is -1.95. The van der Waals surface area contributed by atoms with Crippen molar-refractivity contribution in [1.82, 2.24) is 4.98 Å². The molecule has 2 rings (SSSR count). The van der Waals surface area contributed by atoms with Crippen LogP contribution in [0.1, 0.15) is 25.3 Å². The average Bonchev–Trinajstić information content (AvgIpc) is 2.15. The number of halogens is 3. The van der Waals surface area contributed by atoms with Crippen LogP contribution in [0.15, 0.2) is 18.2 Å². The SMILES string of the molecule is CC(C)c1cc2c(F)cc(F)cc2nc1Cl. The highest BCUT2D eigenvalue weighted by atomic mass is 35.5. The number of hydrogen-bond donors (Lipinski definition) is 0. The summed E-state index contributed by atoms with van der Waals surface area (Å²) in [6.07, 6.45) is 0. The first-order chi connectivity index (χ1) is 7.49. The van der Waals surface area contributed by atoms with Gasteiger partial charge in [-0.2, -0.15) is 0 Å². The molecule has 0 saturated heterocycles. The average molecular weight is 242 g/mol. The Morgan fingerprint density at radius 1 is 1.19 bits per heavy atom. The molecule has 0 N–H and O–H groups in total. The maximum atomic E-state index is 13.5. The van der Waals surface area contributed by atoms with E-state index >= 15 is 0 Å². The van der Waals surface area contributed by atoms with Gasteiger partial charge in [0.1, 0.15) is 16.8 Å². The number of nitrogens with zero attached hydrogens (tertiary/aromatic N) is 1. The minimum absolute atomic E-state index is 0.147. The van der Waals surface area contributed by atoms with Gasteiger partial charge in [-0.15, -0.1) is 0 Å². The van der Waals surface area contributed by atoms with Gasteiger partial charge in [0.05, 0.1) is 5.52 Å². The van der Waals surface area contributed by atoms with Gasteiger partial charge < -0.3 is 0 Å². The molecule has 1 aromatic heterocycles. The normalized spacial score (nSPS) is 11.4. The fraction of sp³-hybridized carbons (Fsp3) is 0.250. The summed E-state index contributed by atoms with van der Waals surface area (Å²) in [7, 11) is 0. The Morgan fingerprint density at radius 3 is 2.50 bits per heavy atom. The molecular weight excluding hydrogens is 232 g/mol. The van der Waals surface area contributed by atoms with Crippen molar-refractivity contribution in [2.45, 2.75) is 19.8 Å². The summed E-state index contributed by atoms with van der Waals surface area (Å²) < 4.78 is 26.5. The topological polar surface area (TPSA) is 12.9 Å². The van der Waals surface area contributed by atoms with E-state index < -0.39 is 11.6 Å². The highest BCUT2D eigenvalue weighted by molar-refractivity contribution is 6.30. The summed E-state index contributed by atoms with van der Waals surface area (Å²) in [5, 5.41) is 0.599. The second-order valence-corrected chi connectivity index (χ2v) is 4.34. The van der Waals surface area contributed by atoms with Crippen LogP contribution in [0.2, 0.25) is 5.15 Å². The molecule has 2 aromatic rings. The molecule has 0 aliphatic heterocycles. The Labute approximate surface area is 97.1 Å². The van der Waals surface area contributed by atoms with Crippen molar-refractivity contribution >= 4 is 22.5 Å². The van der Waals surface area contributed by atoms with Gasteiger partial charge in [0, 0.05) is 17.5 Å². The third kappa shape index (κ3) is 1.87. The molecule has 0 spiro atoms. The van der Waals surface area contributed by atoms with Crippen LogP contribution in [0.25, 0.3) is 10.9 Å². The predicted molar refractivity (Wildman–Crippen MR) is 60.8 cm³/mol. The van der Waals surface area contributed by atoms with Crippen LogP contribution in [0.4, 0.5) is 8.78 Å². The molecular formula is C12H10ClF2N. The summed E-state index contributed by atoms with van der Waals surface area (Å²) in [6, 6.07) is 3.65. The van der Waals surface area contributed by atoms with E-state index in [9.17, 15) is 8.78 Å². The highest BCUT2D eigenvalue weighted by Crippen LogP contribution is 2.28. The van der Waals surface area contributed by atoms with Crippen molar-refractivity contribution in [2.75, 3.05) is 0 Å². The molecule has 16 heavy (non-hydrogen) atoms. The first-order valence-corrected chi connectivity index (χ1v) is 5.32. The Morgan fingerprint density at radius 2 is 1.88 bits per heavy atom. The standard InChI is InChI=1S/C12H10ClF2N/c1-6(2)8-5-9-10(15)3-7(14)4-11(9)16-12(8)13/h3-6H,1-2H3. The Balaban J connectivity index is 2.79. The number of rotatable bonds is 1. The van der Waals surface area contributed by atoms with Crippen LogP contribution < -0.4 is 0 Å². The third-order valence-corrected chi connectivity index (χ3v) is 2.75. The first-order valence-electron chi connectivity index (χ1n) is 4.94. The zero-order valence-electron chi connectivity index (χ0n) is 8.89. The number of hydrogen-bond acceptors (Lipinski definition) is 1. The maximum absolute atomic E-state index is 13.5. The molecule has 1 nitrogen and oxygen atoms in total. The van der Waals surface area contributed by atoms with Gasteiger partial charge in [-0.05, 0) is 17.5 Å². The van der Waals surface area contributed by atoms with E-state index in [1.54, 1.807) is 6.07 Å². The predicted octanol–water partition coefficient (Wildman–Crippen LogP) is 4.29. The molecule has 0 bridgehead atoms. The second-order valence-electron chi connectivity index (χ2n) is 3.98. The molecule has 0 saturated carbocycles. The molecule has 1 heterocycles. The van der Waals surface area contributed by atoms with E-state index in [2.05, 4.69) is 4.98 Å². The van der Waals surface area contributed by atoms with E-state index in [1.807, 2.05) is 13.8 Å². The van der Waals surface area contributed by atoms with Crippen LogP contribution in [0, 0.1) is 11.6 Å². The molecule has 0 radical (unpaired) electrons. The monoisotopic (exact) mass is 241 g/mol. The Bertz CT molecular complexity index is 552. The molecule has 0 amide bonds. The highest BCUT2D eigenvalue weighted by Gasteiger charge is 2.12. The van der Waals surface area contributed by atoms with E-state index in [4.69, 9.17) is 11.6 Å². The van der Waals surface area contributed by atoms with Gasteiger partial charge in [0.2, 0.25) is 0 Å². The van der Waals surface area contributed by atoms with Crippen LogP contribution in [0.5, 0.6) is 0 Å². The largest absolute Gasteiger partial charge is 0.236 e. The van der Waals surface area contributed by atoms with Gasteiger partial charge in [0.25, 0.3) is 0 Å². The summed E-state index contributed by atoms with van der Waals surface area (Å²) in [5.41, 5.74) is 1.01. The maximum Gasteiger partial charge on any atom is 0.135 e. The molecule has 0 aliphatic carbocycles. The number of benzene rings is 1. The van der Waals surface area contributed by atoms with Crippen molar-refractivity contribution in [3.05, 3.63) is 40.6 Å². The van der Waals surface area contributed by atoms with Crippen molar-refractivity contribution in [1.29, 1.82) is 0 Å². The zero-order chi connectivity index (χ0) is 11.9. The number of pyridine rings is 1. The molecule has 84 valence electrons. The smallest absolute Gasteiger partial charge is 0.135 e. The lowest BCUT2D eigenvalue weighted by Gasteiger charge is -2.09. The quantitative estimate of drug-likeness (QED) is 0.679. The minimum atomic E-state index is -0.647. The molecule has 4 heteroatoms. The fourth-order valence-electron chi connectivity index (χ4n) is 1.60. The second kappa shape index (κ2) is 3.98. The number of fused-ring (bicyclic) bond motifs is 1. The van der Waals surface area contributed by atoms with E-state index in [0.29, 0.717) is 10.5 Å². The van der Waals surface area contributed by atoms with Crippen molar-refractivity contribution in [3.8, 4) is 0 Å². The summed E-state index contributed by atoms with van der Waals surface area (Å²) >= 11 is 5.95. The number of aromatic nitrogens is 1. The summed E-state index contributed by atoms with van der Waals surface area (Å²) in [5.74, 6) is -1.11. The van der Waals surface area contributed by atoms with Crippen molar-refractivity contribution < 1.29 is 8.78 Å². The molecule has 0 unspecified atom stereocenters. The third-order valence-electron chi connectivity index (χ3n) is 2.45. The van der Waals surface area contributed by atoms with E-state index in [0.717, 1.165) is 11.6 Å². The van der Waals surface area contributed by atoms with E-state index in [-0.39, 0.29) is 11.4 Å². The van der Waals surface area contributed by atoms with Gasteiger partial charge in [-0.3, -0.25) is 0 Å². The van der Waals surface area contributed by atoms with Gasteiger partial charge in [-0.1, -0.05) is 25.4 Å². The van der Waals surface area contributed by atoms with Gasteiger partial charge in [0.15, 0.2) is 0 Å². The van der Waals surface area contributed by atoms with Crippen molar-refractivity contribution in [2.24, 2.45) is 0 Å². The van der Waals surface area contributed by atoms with Crippen LogP contribution in [-0.4, -0.2) is 4.98 Å². The Kier molecular flexibility index (Phi) is 2.80. The fourth-order valence-corrected chi connectivity index (χ4v) is 1.96. The summed E-state index contributed by atoms with van der Waals surface area (Å²) in [6.45, 7) is 3.88. The summed E-state index contributed by atoms with van der Waals surface area (Å²) in [4.78, 5) is 4.00. The molecule has 0 fully saturated rings. The molecule has 1 aromatic carbocycles. The Hall–Kier alpha value is -1.22. The first kappa shape index (κ1) is 11.3. The minimum Gasteiger partial charge on any atom is -0.236 e. The molecule has 0 atom stereocenters. The lowest BCUT2D eigenvalue weighted by atomic mass is 10.0. The van der Waals surface area contributed by atoms with Gasteiger partial charge >= 0.3 is 0 Å². The van der Waals surface area contributed by atoms with Crippen LogP contribution in [0.3, 0.4) is 0 Å². The molecule has 0 aliphatic rings. The van der Waals surface area contributed by atoms with Crippen molar-refractivity contribution in [3.63, 3.8) is 0 Å². The lowest BCUT2D eigenvalue weighted by molar-refractivity contribution is 0.591. The zero-order valence-corrected chi connectivity index (χ0v) is 9.65. The van der Waals surface area contributed by atoms with E-state index in [1.165, 1.54) is 6.07 Å². The van der Waals surface area contributed by atoms with Crippen LogP contribution >= 0.6 is 11.6 Å². The van der Waals surface area contributed by atoms with Crippen LogP contribution in [-0.2, 0) is 0 Å². The van der Waals surface area contributed by atoms with Gasteiger partial charge in [-0.25, -0.2) is 13.8 Å².